The molecule has 1 N–H and O–H groups in total. The minimum atomic E-state index is -0.497. The maximum absolute atomic E-state index is 11.4. The molecule has 0 amide bonds. The van der Waals surface area contributed by atoms with Crippen molar-refractivity contribution in [1.82, 2.24) is 0 Å². The number of nitrogens with zero attached hydrogens (tertiary/aromatic N) is 1. The zero-order chi connectivity index (χ0) is 24.2. The fourth-order valence-electron chi connectivity index (χ4n) is 5.61. The van der Waals surface area contributed by atoms with Gasteiger partial charge in [-0.05, 0) is 54.0 Å². The zero-order valence-electron chi connectivity index (χ0n) is 21.5. The van der Waals surface area contributed by atoms with Gasteiger partial charge in [-0.25, -0.2) is 0 Å². The van der Waals surface area contributed by atoms with Gasteiger partial charge in [-0.2, -0.15) is 0 Å². The van der Waals surface area contributed by atoms with E-state index in [2.05, 4.69) is 103 Å². The quantitative estimate of drug-likeness (QED) is 0.381. The molecular formula is C30H38NOP. The van der Waals surface area contributed by atoms with Gasteiger partial charge in [0, 0.05) is 16.4 Å². The maximum Gasteiger partial charge on any atom is 0.122 e. The summed E-state index contributed by atoms with van der Waals surface area (Å²) in [6, 6.07) is 19.2. The molecule has 0 radical (unpaired) electrons. The van der Waals surface area contributed by atoms with E-state index in [1.54, 1.807) is 0 Å². The van der Waals surface area contributed by atoms with Crippen LogP contribution in [0.1, 0.15) is 64.7 Å². The van der Waals surface area contributed by atoms with Crippen LogP contribution in [0.3, 0.4) is 0 Å². The van der Waals surface area contributed by atoms with Crippen LogP contribution in [0.5, 0.6) is 5.75 Å². The summed E-state index contributed by atoms with van der Waals surface area (Å²) in [5, 5.41) is 14.0. The Labute approximate surface area is 200 Å². The molecule has 1 aliphatic rings. The number of aryl methyl sites for hydroxylation is 2. The van der Waals surface area contributed by atoms with E-state index < -0.39 is 7.92 Å². The van der Waals surface area contributed by atoms with E-state index in [0.29, 0.717) is 5.75 Å². The van der Waals surface area contributed by atoms with Crippen LogP contribution >= 0.6 is 7.92 Å². The van der Waals surface area contributed by atoms with Crippen LogP contribution in [0.15, 0.2) is 59.6 Å². The summed E-state index contributed by atoms with van der Waals surface area (Å²) in [5.74, 6) is 0.437. The van der Waals surface area contributed by atoms with E-state index in [0.717, 1.165) is 29.4 Å². The Balaban J connectivity index is 2.09. The SMILES string of the molecule is Cc1cc(C)c(O)c(C2(C(C)(C)C)CCP(C(C)(C)C)C2=Nc2cccc3ccccc23)c1. The van der Waals surface area contributed by atoms with Crippen molar-refractivity contribution in [2.75, 3.05) is 6.16 Å². The third-order valence-corrected chi connectivity index (χ3v) is 10.6. The van der Waals surface area contributed by atoms with Gasteiger partial charge in [0.1, 0.15) is 5.75 Å². The van der Waals surface area contributed by atoms with Gasteiger partial charge in [0.15, 0.2) is 0 Å². The fraction of sp³-hybridized carbons (Fsp3) is 0.433. The lowest BCUT2D eigenvalue weighted by Crippen LogP contribution is -2.44. The van der Waals surface area contributed by atoms with Gasteiger partial charge in [0.2, 0.25) is 0 Å². The first kappa shape index (κ1) is 24.0. The van der Waals surface area contributed by atoms with Crippen LogP contribution in [0.2, 0.25) is 0 Å². The monoisotopic (exact) mass is 459 g/mol. The van der Waals surface area contributed by atoms with Crippen LogP contribution in [0.25, 0.3) is 10.8 Å². The maximum atomic E-state index is 11.4. The molecule has 1 saturated heterocycles. The van der Waals surface area contributed by atoms with Crippen LogP contribution in [0, 0.1) is 19.3 Å². The largest absolute Gasteiger partial charge is 0.507 e. The standard InChI is InChI=1S/C30H38NOP/c1-20-18-21(2)26(32)24(19-20)30(28(3,4)5)16-17-33(29(6,7)8)27(30)31-25-15-11-13-22-12-9-10-14-23(22)25/h9-15,18-19,32H,16-17H2,1-8H3. The van der Waals surface area contributed by atoms with Crippen LogP contribution < -0.4 is 0 Å². The summed E-state index contributed by atoms with van der Waals surface area (Å²) in [6.07, 6.45) is 2.14. The van der Waals surface area contributed by atoms with Crippen molar-refractivity contribution in [3.8, 4) is 5.75 Å². The molecule has 1 aliphatic heterocycles. The van der Waals surface area contributed by atoms with Crippen molar-refractivity contribution in [2.24, 2.45) is 10.4 Å². The Kier molecular flexibility index (Phi) is 5.98. The predicted molar refractivity (Wildman–Crippen MR) is 146 cm³/mol. The number of fused-ring (bicyclic) bond motifs is 1. The molecule has 4 rings (SSSR count). The Bertz CT molecular complexity index is 1220. The number of rotatable bonds is 2. The number of aromatic hydroxyl groups is 1. The Morgan fingerprint density at radius 2 is 1.58 bits per heavy atom. The summed E-state index contributed by atoms with van der Waals surface area (Å²) in [5.41, 5.74) is 5.11. The fourth-order valence-corrected chi connectivity index (χ4v) is 8.95. The number of phenolic OH excluding ortho intramolecular Hbond substituents is 1. The van der Waals surface area contributed by atoms with Crippen LogP contribution in [-0.2, 0) is 5.41 Å². The minimum absolute atomic E-state index is 0.101. The van der Waals surface area contributed by atoms with Gasteiger partial charge in [-0.15, -0.1) is 0 Å². The Morgan fingerprint density at radius 1 is 0.909 bits per heavy atom. The molecule has 3 aromatic carbocycles. The normalized spacial score (nSPS) is 22.9. The van der Waals surface area contributed by atoms with Crippen molar-refractivity contribution < 1.29 is 5.11 Å². The average Bonchev–Trinajstić information content (AvgIpc) is 3.11. The van der Waals surface area contributed by atoms with Gasteiger partial charge in [0.05, 0.1) is 11.1 Å². The lowest BCUT2D eigenvalue weighted by molar-refractivity contribution is 0.253. The molecule has 0 spiro atoms. The highest BCUT2D eigenvalue weighted by Gasteiger charge is 2.57. The molecule has 174 valence electrons. The van der Waals surface area contributed by atoms with Crippen molar-refractivity contribution in [1.29, 1.82) is 0 Å². The first-order valence-electron chi connectivity index (χ1n) is 12.0. The number of hydrogen-bond acceptors (Lipinski definition) is 2. The second-order valence-corrected chi connectivity index (χ2v) is 14.7. The van der Waals surface area contributed by atoms with E-state index in [1.165, 1.54) is 21.8 Å². The van der Waals surface area contributed by atoms with Crippen molar-refractivity contribution in [3.63, 3.8) is 0 Å². The lowest BCUT2D eigenvalue weighted by atomic mass is 9.61. The Hall–Kier alpha value is -2.18. The van der Waals surface area contributed by atoms with E-state index >= 15 is 0 Å². The van der Waals surface area contributed by atoms with E-state index in [4.69, 9.17) is 4.99 Å². The van der Waals surface area contributed by atoms with Crippen LogP contribution in [-0.4, -0.2) is 21.9 Å². The summed E-state index contributed by atoms with van der Waals surface area (Å²) in [6.45, 7) is 18.2. The van der Waals surface area contributed by atoms with Gasteiger partial charge in [-0.3, -0.25) is 4.99 Å². The highest BCUT2D eigenvalue weighted by Crippen LogP contribution is 2.68. The van der Waals surface area contributed by atoms with Crippen molar-refractivity contribution >= 4 is 29.8 Å². The summed E-state index contributed by atoms with van der Waals surface area (Å²) < 4.78 is 0. The van der Waals surface area contributed by atoms with E-state index in [1.807, 2.05) is 6.92 Å². The molecular weight excluding hydrogens is 421 g/mol. The number of benzene rings is 3. The molecule has 3 heteroatoms. The lowest BCUT2D eigenvalue weighted by Gasteiger charge is -2.45. The number of hydrogen-bond donors (Lipinski definition) is 1. The highest BCUT2D eigenvalue weighted by molar-refractivity contribution is 7.77. The highest BCUT2D eigenvalue weighted by atomic mass is 31.1. The van der Waals surface area contributed by atoms with Gasteiger partial charge in [-0.1, -0.05) is 104 Å². The average molecular weight is 460 g/mol. The topological polar surface area (TPSA) is 32.6 Å². The first-order valence-corrected chi connectivity index (χ1v) is 13.5. The molecule has 33 heavy (non-hydrogen) atoms. The zero-order valence-corrected chi connectivity index (χ0v) is 22.3. The molecule has 0 saturated carbocycles. The number of phenols is 1. The summed E-state index contributed by atoms with van der Waals surface area (Å²) in [4.78, 5) is 5.57. The third-order valence-electron chi connectivity index (χ3n) is 7.34. The molecule has 2 nitrogen and oxygen atoms in total. The molecule has 0 aliphatic carbocycles. The minimum Gasteiger partial charge on any atom is -0.507 e. The second-order valence-electron chi connectivity index (χ2n) is 11.6. The molecule has 3 aromatic rings. The Morgan fingerprint density at radius 3 is 2.24 bits per heavy atom. The molecule has 2 atom stereocenters. The molecule has 0 bridgehead atoms. The molecule has 2 unspecified atom stereocenters. The van der Waals surface area contributed by atoms with E-state index in [9.17, 15) is 5.11 Å². The molecule has 1 heterocycles. The van der Waals surface area contributed by atoms with Gasteiger partial charge < -0.3 is 5.11 Å². The van der Waals surface area contributed by atoms with Crippen molar-refractivity contribution in [2.45, 2.75) is 72.4 Å². The smallest absolute Gasteiger partial charge is 0.122 e. The van der Waals surface area contributed by atoms with E-state index in [-0.39, 0.29) is 16.0 Å². The third kappa shape index (κ3) is 4.01. The number of aliphatic imine (C=N–C) groups is 1. The molecule has 1 fully saturated rings. The summed E-state index contributed by atoms with van der Waals surface area (Å²) in [7, 11) is -0.497. The van der Waals surface area contributed by atoms with Gasteiger partial charge in [0.25, 0.3) is 0 Å². The predicted octanol–water partition coefficient (Wildman–Crippen LogP) is 8.86. The van der Waals surface area contributed by atoms with Gasteiger partial charge >= 0.3 is 0 Å². The summed E-state index contributed by atoms with van der Waals surface area (Å²) >= 11 is 0. The van der Waals surface area contributed by atoms with Crippen LogP contribution in [0.4, 0.5) is 5.69 Å². The second kappa shape index (κ2) is 8.24. The molecule has 0 aromatic heterocycles. The first-order chi connectivity index (χ1) is 15.4. The van der Waals surface area contributed by atoms with Crippen molar-refractivity contribution in [3.05, 3.63) is 71.3 Å².